The van der Waals surface area contributed by atoms with Gasteiger partial charge < -0.3 is 13.7 Å². The second-order valence-corrected chi connectivity index (χ2v) is 6.89. The van der Waals surface area contributed by atoms with E-state index in [1.54, 1.807) is 20.8 Å². The SMILES string of the molecule is COc1cc(NC(=O)OC(C)(C)C)cc(OS(C)(=O)=O)c1. The van der Waals surface area contributed by atoms with E-state index in [0.717, 1.165) is 6.26 Å². The molecule has 1 N–H and O–H groups in total. The molecule has 0 aromatic heterocycles. The third-order valence-electron chi connectivity index (χ3n) is 2.01. The smallest absolute Gasteiger partial charge is 0.412 e. The van der Waals surface area contributed by atoms with Crippen molar-refractivity contribution in [3.63, 3.8) is 0 Å². The molecule has 1 amide bonds. The predicted octanol–water partition coefficient (Wildman–Crippen LogP) is 2.38. The fourth-order valence-electron chi connectivity index (χ4n) is 1.41. The first-order chi connectivity index (χ1) is 9.48. The molecule has 0 aliphatic heterocycles. The van der Waals surface area contributed by atoms with Gasteiger partial charge in [0.25, 0.3) is 0 Å². The zero-order valence-corrected chi connectivity index (χ0v) is 13.4. The highest BCUT2D eigenvalue weighted by molar-refractivity contribution is 7.86. The van der Waals surface area contributed by atoms with Gasteiger partial charge in [-0.3, -0.25) is 5.32 Å². The van der Waals surface area contributed by atoms with Gasteiger partial charge in [-0.2, -0.15) is 8.42 Å². The fourth-order valence-corrected chi connectivity index (χ4v) is 1.85. The topological polar surface area (TPSA) is 90.9 Å². The molecule has 0 radical (unpaired) electrons. The lowest BCUT2D eigenvalue weighted by Crippen LogP contribution is -2.27. The Morgan fingerprint density at radius 2 is 1.71 bits per heavy atom. The Kier molecular flexibility index (Phi) is 5.06. The van der Waals surface area contributed by atoms with Crippen LogP contribution in [0.25, 0.3) is 0 Å². The molecule has 0 aliphatic carbocycles. The third kappa shape index (κ3) is 6.84. The van der Waals surface area contributed by atoms with Crippen molar-refractivity contribution in [3.05, 3.63) is 18.2 Å². The molecule has 0 heterocycles. The van der Waals surface area contributed by atoms with Crippen LogP contribution in [0.1, 0.15) is 20.8 Å². The summed E-state index contributed by atoms with van der Waals surface area (Å²) in [6, 6.07) is 4.26. The van der Waals surface area contributed by atoms with Crippen LogP contribution in [0.5, 0.6) is 11.5 Å². The summed E-state index contributed by atoms with van der Waals surface area (Å²) in [5.41, 5.74) is -0.350. The predicted molar refractivity (Wildman–Crippen MR) is 78.3 cm³/mol. The second kappa shape index (κ2) is 6.21. The van der Waals surface area contributed by atoms with Crippen LogP contribution in [0.2, 0.25) is 0 Å². The van der Waals surface area contributed by atoms with Gasteiger partial charge in [-0.05, 0) is 20.8 Å². The minimum Gasteiger partial charge on any atom is -0.497 e. The van der Waals surface area contributed by atoms with Gasteiger partial charge in [0.15, 0.2) is 0 Å². The number of amides is 1. The molecule has 1 aromatic carbocycles. The Morgan fingerprint density at radius 3 is 2.19 bits per heavy atom. The number of hydrogen-bond donors (Lipinski definition) is 1. The first-order valence-electron chi connectivity index (χ1n) is 6.07. The Bertz CT molecular complexity index is 618. The zero-order chi connectivity index (χ0) is 16.3. The Balaban J connectivity index is 2.96. The summed E-state index contributed by atoms with van der Waals surface area (Å²) in [4.78, 5) is 11.7. The van der Waals surface area contributed by atoms with Crippen molar-refractivity contribution in [2.75, 3.05) is 18.7 Å². The van der Waals surface area contributed by atoms with E-state index in [2.05, 4.69) is 5.32 Å². The lowest BCUT2D eigenvalue weighted by atomic mass is 10.2. The van der Waals surface area contributed by atoms with E-state index < -0.39 is 21.8 Å². The van der Waals surface area contributed by atoms with Crippen LogP contribution in [-0.4, -0.2) is 33.5 Å². The van der Waals surface area contributed by atoms with Crippen molar-refractivity contribution in [2.45, 2.75) is 26.4 Å². The number of methoxy groups -OCH3 is 1. The maximum Gasteiger partial charge on any atom is 0.412 e. The first-order valence-corrected chi connectivity index (χ1v) is 7.89. The summed E-state index contributed by atoms with van der Waals surface area (Å²) in [5.74, 6) is 0.366. The number of hydrogen-bond acceptors (Lipinski definition) is 6. The fraction of sp³-hybridized carbons (Fsp3) is 0.462. The quantitative estimate of drug-likeness (QED) is 0.857. The minimum atomic E-state index is -3.68. The lowest BCUT2D eigenvalue weighted by molar-refractivity contribution is 0.0636. The van der Waals surface area contributed by atoms with E-state index in [1.807, 2.05) is 0 Å². The molecule has 0 fully saturated rings. The average Bonchev–Trinajstić information content (AvgIpc) is 2.22. The molecular formula is C13H19NO6S. The highest BCUT2D eigenvalue weighted by atomic mass is 32.2. The molecule has 0 bridgehead atoms. The van der Waals surface area contributed by atoms with E-state index >= 15 is 0 Å². The van der Waals surface area contributed by atoms with Crippen LogP contribution in [0.3, 0.4) is 0 Å². The van der Waals surface area contributed by atoms with Gasteiger partial charge in [0.05, 0.1) is 19.1 Å². The lowest BCUT2D eigenvalue weighted by Gasteiger charge is -2.20. The molecule has 118 valence electrons. The van der Waals surface area contributed by atoms with Crippen LogP contribution in [0, 0.1) is 0 Å². The van der Waals surface area contributed by atoms with Crippen LogP contribution in [0.15, 0.2) is 18.2 Å². The number of carbonyl (C=O) groups excluding carboxylic acids is 1. The van der Waals surface area contributed by atoms with Crippen molar-refractivity contribution >= 4 is 21.9 Å². The number of benzene rings is 1. The van der Waals surface area contributed by atoms with Gasteiger partial charge >= 0.3 is 16.2 Å². The minimum absolute atomic E-state index is 0.0305. The number of rotatable bonds is 4. The van der Waals surface area contributed by atoms with E-state index in [4.69, 9.17) is 13.7 Å². The first kappa shape index (κ1) is 17.1. The summed E-state index contributed by atoms with van der Waals surface area (Å²) in [6.45, 7) is 5.20. The number of carbonyl (C=O) groups is 1. The monoisotopic (exact) mass is 317 g/mol. The third-order valence-corrected chi connectivity index (χ3v) is 2.50. The molecule has 0 aliphatic rings. The molecule has 0 atom stereocenters. The Morgan fingerprint density at radius 1 is 1.14 bits per heavy atom. The Hall–Kier alpha value is -1.96. The van der Waals surface area contributed by atoms with Crippen molar-refractivity contribution in [2.24, 2.45) is 0 Å². The zero-order valence-electron chi connectivity index (χ0n) is 12.6. The molecule has 0 saturated heterocycles. The normalized spacial score (nSPS) is 11.7. The maximum absolute atomic E-state index is 11.7. The molecule has 7 nitrogen and oxygen atoms in total. The van der Waals surface area contributed by atoms with E-state index in [9.17, 15) is 13.2 Å². The number of anilines is 1. The van der Waals surface area contributed by atoms with Crippen molar-refractivity contribution < 1.29 is 26.9 Å². The summed E-state index contributed by atoms with van der Waals surface area (Å²) >= 11 is 0. The molecule has 8 heteroatoms. The van der Waals surface area contributed by atoms with Crippen LogP contribution < -0.4 is 14.2 Å². The standard InChI is InChI=1S/C13H19NO6S/c1-13(2,3)19-12(15)14-9-6-10(18-4)8-11(7-9)20-21(5,16)17/h6-8H,1-5H3,(H,14,15). The Labute approximate surface area is 124 Å². The van der Waals surface area contributed by atoms with Crippen LogP contribution in [0.4, 0.5) is 10.5 Å². The molecular weight excluding hydrogens is 298 g/mol. The molecule has 1 aromatic rings. The highest BCUT2D eigenvalue weighted by Gasteiger charge is 2.17. The average molecular weight is 317 g/mol. The summed E-state index contributed by atoms with van der Waals surface area (Å²) in [5, 5.41) is 2.48. The van der Waals surface area contributed by atoms with Crippen LogP contribution in [-0.2, 0) is 14.9 Å². The molecule has 21 heavy (non-hydrogen) atoms. The summed E-state index contributed by atoms with van der Waals surface area (Å²) in [6.07, 6.45) is 0.258. The van der Waals surface area contributed by atoms with Gasteiger partial charge in [-0.25, -0.2) is 4.79 Å². The van der Waals surface area contributed by atoms with Crippen molar-refractivity contribution in [1.82, 2.24) is 0 Å². The van der Waals surface area contributed by atoms with Gasteiger partial charge in [-0.15, -0.1) is 0 Å². The number of ether oxygens (including phenoxy) is 2. The van der Waals surface area contributed by atoms with E-state index in [1.165, 1.54) is 25.3 Å². The van der Waals surface area contributed by atoms with Gasteiger partial charge in [0.1, 0.15) is 17.1 Å². The summed E-state index contributed by atoms with van der Waals surface area (Å²) in [7, 11) is -2.26. The van der Waals surface area contributed by atoms with Gasteiger partial charge in [0.2, 0.25) is 0 Å². The van der Waals surface area contributed by atoms with Crippen molar-refractivity contribution in [3.8, 4) is 11.5 Å². The highest BCUT2D eigenvalue weighted by Crippen LogP contribution is 2.27. The maximum atomic E-state index is 11.7. The van der Waals surface area contributed by atoms with E-state index in [-0.39, 0.29) is 5.75 Å². The molecule has 0 unspecified atom stereocenters. The largest absolute Gasteiger partial charge is 0.497 e. The van der Waals surface area contributed by atoms with Crippen LogP contribution >= 0.6 is 0 Å². The number of nitrogens with one attached hydrogen (secondary N) is 1. The van der Waals surface area contributed by atoms with Gasteiger partial charge in [-0.1, -0.05) is 0 Å². The second-order valence-electron chi connectivity index (χ2n) is 5.31. The van der Waals surface area contributed by atoms with Gasteiger partial charge in [0, 0.05) is 18.2 Å². The van der Waals surface area contributed by atoms with Crippen molar-refractivity contribution in [1.29, 1.82) is 0 Å². The molecule has 1 rings (SSSR count). The van der Waals surface area contributed by atoms with E-state index in [0.29, 0.717) is 11.4 Å². The molecule has 0 spiro atoms. The summed E-state index contributed by atoms with van der Waals surface area (Å²) < 4.78 is 37.2. The molecule has 0 saturated carbocycles.